The van der Waals surface area contributed by atoms with Crippen molar-refractivity contribution < 1.29 is 52.5 Å². The van der Waals surface area contributed by atoms with Crippen molar-refractivity contribution >= 4 is 47.5 Å². The van der Waals surface area contributed by atoms with Gasteiger partial charge in [-0.05, 0) is 18.4 Å². The van der Waals surface area contributed by atoms with Gasteiger partial charge in [-0.1, -0.05) is 0 Å². The van der Waals surface area contributed by atoms with E-state index in [9.17, 15) is 28.8 Å². The Kier molecular flexibility index (Phi) is 11.3. The third-order valence-corrected chi connectivity index (χ3v) is 5.53. The van der Waals surface area contributed by atoms with Crippen molar-refractivity contribution in [1.29, 1.82) is 0 Å². The zero-order valence-electron chi connectivity index (χ0n) is 20.0. The normalized spacial score (nSPS) is 24.7. The van der Waals surface area contributed by atoms with Crippen molar-refractivity contribution in [2.24, 2.45) is 0 Å². The summed E-state index contributed by atoms with van der Waals surface area (Å²) < 4.78 is 25.9. The molecule has 1 saturated carbocycles. The van der Waals surface area contributed by atoms with Crippen LogP contribution in [0.1, 0.15) is 47.0 Å². The minimum absolute atomic E-state index is 0.229. The number of nitrogens with one attached hydrogen (secondary N) is 1. The second-order valence-electron chi connectivity index (χ2n) is 7.70. The molecule has 0 radical (unpaired) electrons. The average Bonchev–Trinajstić information content (AvgIpc) is 2.71. The summed E-state index contributed by atoms with van der Waals surface area (Å²) in [6.07, 6.45) is -2.63. The molecule has 13 heteroatoms. The number of thioether (sulfide) groups is 1. The lowest BCUT2D eigenvalue weighted by atomic mass is 9.78. The molecule has 3 atom stereocenters. The molecule has 0 aromatic heterocycles. The van der Waals surface area contributed by atoms with Crippen molar-refractivity contribution in [2.45, 2.75) is 76.9 Å². The number of rotatable bonds is 10. The smallest absolute Gasteiger partial charge is 0.328 e. The highest BCUT2D eigenvalue weighted by molar-refractivity contribution is 7.98. The van der Waals surface area contributed by atoms with Crippen LogP contribution in [0.25, 0.3) is 0 Å². The van der Waals surface area contributed by atoms with Gasteiger partial charge in [0.1, 0.15) is 18.2 Å². The molecule has 0 aromatic rings. The second-order valence-corrected chi connectivity index (χ2v) is 8.68. The molecular weight excluding hydrogens is 474 g/mol. The Labute approximate surface area is 201 Å². The van der Waals surface area contributed by atoms with Crippen LogP contribution in [-0.2, 0) is 52.5 Å². The first-order valence-corrected chi connectivity index (χ1v) is 11.8. The van der Waals surface area contributed by atoms with Gasteiger partial charge in [-0.15, -0.1) is 0 Å². The highest BCUT2D eigenvalue weighted by Crippen LogP contribution is 2.38. The van der Waals surface area contributed by atoms with Gasteiger partial charge < -0.3 is 29.0 Å². The van der Waals surface area contributed by atoms with E-state index in [0.717, 1.165) is 27.7 Å². The van der Waals surface area contributed by atoms with Crippen molar-refractivity contribution in [3.63, 3.8) is 0 Å². The zero-order chi connectivity index (χ0) is 26.1. The van der Waals surface area contributed by atoms with Gasteiger partial charge in [0.05, 0.1) is 7.11 Å². The molecule has 1 rings (SSSR count). The molecule has 192 valence electrons. The van der Waals surface area contributed by atoms with E-state index in [0.29, 0.717) is 5.75 Å². The van der Waals surface area contributed by atoms with Crippen LogP contribution >= 0.6 is 11.8 Å². The van der Waals surface area contributed by atoms with E-state index in [-0.39, 0.29) is 6.42 Å². The first-order chi connectivity index (χ1) is 15.8. The third-order valence-electron chi connectivity index (χ3n) is 4.89. The van der Waals surface area contributed by atoms with E-state index in [1.54, 1.807) is 0 Å². The Morgan fingerprint density at radius 2 is 1.38 bits per heavy atom. The van der Waals surface area contributed by atoms with Gasteiger partial charge in [0.2, 0.25) is 0 Å². The van der Waals surface area contributed by atoms with Gasteiger partial charge in [-0.2, -0.15) is 11.8 Å². The summed E-state index contributed by atoms with van der Waals surface area (Å²) in [5.74, 6) is -4.20. The van der Waals surface area contributed by atoms with E-state index < -0.39 is 78.6 Å². The fraction of sp³-hybridized carbons (Fsp3) is 0.714. The van der Waals surface area contributed by atoms with Crippen LogP contribution in [-0.4, -0.2) is 84.8 Å². The van der Waals surface area contributed by atoms with E-state index in [1.807, 2.05) is 6.26 Å². The molecule has 1 amide bonds. The lowest BCUT2D eigenvalue weighted by molar-refractivity contribution is -0.215. The summed E-state index contributed by atoms with van der Waals surface area (Å²) in [7, 11) is 1.17. The highest BCUT2D eigenvalue weighted by Gasteiger charge is 2.57. The maximum atomic E-state index is 13.4. The largest absolute Gasteiger partial charge is 0.467 e. The monoisotopic (exact) mass is 505 g/mol. The lowest BCUT2D eigenvalue weighted by Crippen LogP contribution is -2.64. The summed E-state index contributed by atoms with van der Waals surface area (Å²) in [5, 5.41) is 2.53. The maximum absolute atomic E-state index is 13.4. The van der Waals surface area contributed by atoms with E-state index in [2.05, 4.69) is 5.32 Å². The van der Waals surface area contributed by atoms with Crippen molar-refractivity contribution in [1.82, 2.24) is 5.32 Å². The van der Waals surface area contributed by atoms with Gasteiger partial charge in [0, 0.05) is 40.5 Å². The summed E-state index contributed by atoms with van der Waals surface area (Å²) in [6, 6.07) is -1.05. The predicted octanol–water partition coefficient (Wildman–Crippen LogP) is 0.288. The van der Waals surface area contributed by atoms with E-state index in [1.165, 1.54) is 18.9 Å². The minimum Gasteiger partial charge on any atom is -0.467 e. The molecule has 0 bridgehead atoms. The Hall–Kier alpha value is -2.83. The fourth-order valence-corrected chi connectivity index (χ4v) is 4.17. The molecule has 1 N–H and O–H groups in total. The molecule has 0 aliphatic heterocycles. The van der Waals surface area contributed by atoms with Crippen LogP contribution < -0.4 is 5.32 Å². The molecule has 0 spiro atoms. The maximum Gasteiger partial charge on any atom is 0.328 e. The van der Waals surface area contributed by atoms with Crippen LogP contribution in [0.4, 0.5) is 0 Å². The number of esters is 5. The number of ether oxygens (including phenoxy) is 5. The van der Waals surface area contributed by atoms with Crippen molar-refractivity contribution in [3.8, 4) is 0 Å². The molecule has 0 unspecified atom stereocenters. The molecule has 0 aromatic carbocycles. The summed E-state index contributed by atoms with van der Waals surface area (Å²) in [4.78, 5) is 72.8. The number of carbonyl (C=O) groups is 6. The molecule has 34 heavy (non-hydrogen) atoms. The molecule has 0 heterocycles. The molecule has 12 nitrogen and oxygen atoms in total. The number of hydrogen-bond donors (Lipinski definition) is 1. The molecule has 0 saturated heterocycles. The van der Waals surface area contributed by atoms with Gasteiger partial charge in [-0.3, -0.25) is 24.0 Å². The van der Waals surface area contributed by atoms with Crippen molar-refractivity contribution in [2.75, 3.05) is 19.1 Å². The predicted molar refractivity (Wildman–Crippen MR) is 117 cm³/mol. The fourth-order valence-electron chi connectivity index (χ4n) is 3.70. The first-order valence-electron chi connectivity index (χ1n) is 10.4. The Morgan fingerprint density at radius 1 is 0.882 bits per heavy atom. The standard InChI is InChI=1S/C21H31NO11S/c1-11(23)30-16-9-21(33-14(4)26,10-17(31-12(2)24)18(16)32-13(3)25)20(28)22-15(7-8-34-6)19(27)29-5/h15-18H,7-10H2,1-6H3,(H,22,28)/t15-,16-,17-,18?,21?/m0/s1. The van der Waals surface area contributed by atoms with Crippen LogP contribution in [0.2, 0.25) is 0 Å². The molecule has 1 aliphatic rings. The summed E-state index contributed by atoms with van der Waals surface area (Å²) >= 11 is 1.44. The lowest BCUT2D eigenvalue weighted by Gasteiger charge is -2.45. The first kappa shape index (κ1) is 29.2. The van der Waals surface area contributed by atoms with Gasteiger partial charge in [-0.25, -0.2) is 4.79 Å². The molecular formula is C21H31NO11S. The van der Waals surface area contributed by atoms with Gasteiger partial charge in [0.15, 0.2) is 11.7 Å². The second kappa shape index (κ2) is 13.2. The Morgan fingerprint density at radius 3 is 1.76 bits per heavy atom. The van der Waals surface area contributed by atoms with Crippen LogP contribution in [0.5, 0.6) is 0 Å². The molecule has 1 aliphatic carbocycles. The number of carbonyl (C=O) groups excluding carboxylic acids is 6. The zero-order valence-corrected chi connectivity index (χ0v) is 20.9. The quantitative estimate of drug-likeness (QED) is 0.320. The summed E-state index contributed by atoms with van der Waals surface area (Å²) in [6.45, 7) is 4.39. The van der Waals surface area contributed by atoms with Crippen molar-refractivity contribution in [3.05, 3.63) is 0 Å². The van der Waals surface area contributed by atoms with Crippen LogP contribution in [0, 0.1) is 0 Å². The Balaban J connectivity index is 3.46. The summed E-state index contributed by atoms with van der Waals surface area (Å²) in [5.41, 5.74) is -2.01. The Bertz CT molecular complexity index is 774. The van der Waals surface area contributed by atoms with Crippen LogP contribution in [0.15, 0.2) is 0 Å². The number of amides is 1. The van der Waals surface area contributed by atoms with Gasteiger partial charge in [0.25, 0.3) is 5.91 Å². The number of methoxy groups -OCH3 is 1. The average molecular weight is 506 g/mol. The van der Waals surface area contributed by atoms with E-state index in [4.69, 9.17) is 23.7 Å². The SMILES string of the molecule is COC(=O)[C@H](CCSC)NC(=O)C1(OC(C)=O)C[C@H](OC(C)=O)C(OC(C)=O)[C@@H](OC(C)=O)C1. The highest BCUT2D eigenvalue weighted by atomic mass is 32.2. The van der Waals surface area contributed by atoms with E-state index >= 15 is 0 Å². The number of hydrogen-bond acceptors (Lipinski definition) is 12. The molecule has 1 fully saturated rings. The van der Waals surface area contributed by atoms with Gasteiger partial charge >= 0.3 is 29.8 Å². The van der Waals surface area contributed by atoms with Crippen LogP contribution in [0.3, 0.4) is 0 Å². The topological polar surface area (TPSA) is 161 Å². The third kappa shape index (κ3) is 8.50. The minimum atomic E-state index is -2.01.